The van der Waals surface area contributed by atoms with Crippen molar-refractivity contribution in [3.8, 4) is 11.5 Å². The van der Waals surface area contributed by atoms with Crippen LogP contribution < -0.4 is 9.47 Å². The van der Waals surface area contributed by atoms with Crippen LogP contribution in [-0.4, -0.2) is 47.2 Å². The Labute approximate surface area is 171 Å². The molecule has 0 radical (unpaired) electrons. The molecule has 2 heterocycles. The lowest BCUT2D eigenvalue weighted by atomic mass is 9.96. The molecule has 152 valence electrons. The molecule has 3 aromatic rings. The summed E-state index contributed by atoms with van der Waals surface area (Å²) in [4.78, 5) is 19.1. The van der Waals surface area contributed by atoms with Gasteiger partial charge in [0.05, 0.1) is 18.1 Å². The summed E-state index contributed by atoms with van der Waals surface area (Å²) in [5.41, 5.74) is 2.24. The van der Waals surface area contributed by atoms with Crippen LogP contribution in [0, 0.1) is 12.8 Å². The summed E-state index contributed by atoms with van der Waals surface area (Å²) >= 11 is 0. The number of piperidine rings is 1. The second-order valence-electron chi connectivity index (χ2n) is 7.52. The molecular formula is C23H27N3O3. The molecule has 0 unspecified atom stereocenters. The van der Waals surface area contributed by atoms with Crippen LogP contribution in [0.2, 0.25) is 0 Å². The number of imidazole rings is 1. The molecule has 0 bridgehead atoms. The van der Waals surface area contributed by atoms with E-state index >= 15 is 0 Å². The molecule has 6 heteroatoms. The number of nitrogens with zero attached hydrogens (tertiary/aromatic N) is 3. The van der Waals surface area contributed by atoms with Crippen molar-refractivity contribution in [1.29, 1.82) is 0 Å². The maximum atomic E-state index is 12.6. The molecule has 2 aromatic carbocycles. The number of benzene rings is 2. The first-order valence-corrected chi connectivity index (χ1v) is 10.1. The van der Waals surface area contributed by atoms with Crippen molar-refractivity contribution in [2.45, 2.75) is 26.3 Å². The number of aromatic nitrogens is 2. The van der Waals surface area contributed by atoms with Gasteiger partial charge in [-0.15, -0.1) is 0 Å². The largest absolute Gasteiger partial charge is 0.493 e. The fourth-order valence-corrected chi connectivity index (χ4v) is 4.02. The molecule has 0 N–H and O–H groups in total. The SMILES string of the molecule is COc1ccccc1OCC(=O)N1CCC(Cn2c(C)nc3ccccc32)CC1. The highest BCUT2D eigenvalue weighted by atomic mass is 16.5. The van der Waals surface area contributed by atoms with Crippen molar-refractivity contribution in [3.05, 3.63) is 54.4 Å². The highest BCUT2D eigenvalue weighted by Gasteiger charge is 2.24. The lowest BCUT2D eigenvalue weighted by Gasteiger charge is -2.32. The van der Waals surface area contributed by atoms with Crippen LogP contribution in [0.3, 0.4) is 0 Å². The van der Waals surface area contributed by atoms with Gasteiger partial charge in [0.25, 0.3) is 5.91 Å². The summed E-state index contributed by atoms with van der Waals surface area (Å²) in [6.07, 6.45) is 1.98. The Balaban J connectivity index is 1.31. The lowest BCUT2D eigenvalue weighted by molar-refractivity contribution is -0.134. The Bertz CT molecular complexity index is 990. The summed E-state index contributed by atoms with van der Waals surface area (Å²) in [6.45, 7) is 4.59. The van der Waals surface area contributed by atoms with Gasteiger partial charge >= 0.3 is 0 Å². The molecule has 1 aliphatic rings. The molecular weight excluding hydrogens is 366 g/mol. The predicted molar refractivity (Wildman–Crippen MR) is 112 cm³/mol. The van der Waals surface area contributed by atoms with Crippen LogP contribution >= 0.6 is 0 Å². The molecule has 0 aliphatic carbocycles. The van der Waals surface area contributed by atoms with Gasteiger partial charge in [-0.2, -0.15) is 0 Å². The molecule has 0 spiro atoms. The van der Waals surface area contributed by atoms with Crippen molar-refractivity contribution in [3.63, 3.8) is 0 Å². The van der Waals surface area contributed by atoms with Gasteiger partial charge in [0.1, 0.15) is 5.82 Å². The molecule has 1 aliphatic heterocycles. The number of ether oxygens (including phenoxy) is 2. The number of amides is 1. The van der Waals surface area contributed by atoms with Crippen LogP contribution in [0.15, 0.2) is 48.5 Å². The van der Waals surface area contributed by atoms with Crippen LogP contribution in [0.25, 0.3) is 11.0 Å². The van der Waals surface area contributed by atoms with Crippen molar-refractivity contribution in [1.82, 2.24) is 14.5 Å². The van der Waals surface area contributed by atoms with Crippen molar-refractivity contribution < 1.29 is 14.3 Å². The zero-order valence-corrected chi connectivity index (χ0v) is 17.0. The number of likely N-dealkylation sites (tertiary alicyclic amines) is 1. The van der Waals surface area contributed by atoms with E-state index in [-0.39, 0.29) is 12.5 Å². The summed E-state index contributed by atoms with van der Waals surface area (Å²) in [5.74, 6) is 2.86. The predicted octanol–water partition coefficient (Wildman–Crippen LogP) is 3.67. The van der Waals surface area contributed by atoms with E-state index in [1.54, 1.807) is 7.11 Å². The third-order valence-corrected chi connectivity index (χ3v) is 5.67. The average Bonchev–Trinajstić information content (AvgIpc) is 3.08. The van der Waals surface area contributed by atoms with E-state index in [1.165, 1.54) is 5.52 Å². The number of fused-ring (bicyclic) bond motifs is 1. The van der Waals surface area contributed by atoms with E-state index in [0.29, 0.717) is 17.4 Å². The maximum absolute atomic E-state index is 12.6. The van der Waals surface area contributed by atoms with Crippen LogP contribution in [0.4, 0.5) is 0 Å². The third kappa shape index (κ3) is 4.21. The minimum absolute atomic E-state index is 0.0265. The van der Waals surface area contributed by atoms with E-state index < -0.39 is 0 Å². The van der Waals surface area contributed by atoms with Crippen molar-refractivity contribution >= 4 is 16.9 Å². The molecule has 1 fully saturated rings. The first-order chi connectivity index (χ1) is 14.2. The number of carbonyl (C=O) groups excluding carboxylic acids is 1. The summed E-state index contributed by atoms with van der Waals surface area (Å²) in [5, 5.41) is 0. The fourth-order valence-electron chi connectivity index (χ4n) is 4.02. The zero-order valence-electron chi connectivity index (χ0n) is 17.0. The van der Waals surface area contributed by atoms with E-state index in [0.717, 1.165) is 43.8 Å². The van der Waals surface area contributed by atoms with Gasteiger partial charge < -0.3 is 18.9 Å². The Morgan fingerprint density at radius 2 is 1.76 bits per heavy atom. The molecule has 6 nitrogen and oxygen atoms in total. The first-order valence-electron chi connectivity index (χ1n) is 10.1. The highest BCUT2D eigenvalue weighted by Crippen LogP contribution is 2.26. The van der Waals surface area contributed by atoms with E-state index in [2.05, 4.69) is 34.7 Å². The molecule has 1 amide bonds. The van der Waals surface area contributed by atoms with Crippen LogP contribution in [-0.2, 0) is 11.3 Å². The highest BCUT2D eigenvalue weighted by molar-refractivity contribution is 5.78. The second kappa shape index (κ2) is 8.55. The topological polar surface area (TPSA) is 56.6 Å². The monoisotopic (exact) mass is 393 g/mol. The van der Waals surface area contributed by atoms with Gasteiger partial charge in [-0.25, -0.2) is 4.98 Å². The lowest BCUT2D eigenvalue weighted by Crippen LogP contribution is -2.41. The first kappa shape index (κ1) is 19.3. The van der Waals surface area contributed by atoms with Gasteiger partial charge in [0.15, 0.2) is 18.1 Å². The molecule has 4 rings (SSSR count). The Hall–Kier alpha value is -3.02. The molecule has 1 saturated heterocycles. The maximum Gasteiger partial charge on any atom is 0.260 e. The third-order valence-electron chi connectivity index (χ3n) is 5.67. The van der Waals surface area contributed by atoms with Gasteiger partial charge in [0, 0.05) is 19.6 Å². The molecule has 29 heavy (non-hydrogen) atoms. The smallest absolute Gasteiger partial charge is 0.260 e. The Morgan fingerprint density at radius 1 is 1.07 bits per heavy atom. The van der Waals surface area contributed by atoms with Gasteiger partial charge in [-0.3, -0.25) is 4.79 Å². The van der Waals surface area contributed by atoms with Gasteiger partial charge in [-0.05, 0) is 49.9 Å². The van der Waals surface area contributed by atoms with Crippen molar-refractivity contribution in [2.24, 2.45) is 5.92 Å². The minimum Gasteiger partial charge on any atom is -0.493 e. The average molecular weight is 393 g/mol. The molecule has 0 saturated carbocycles. The standard InChI is InChI=1S/C23H27N3O3/c1-17-24-19-7-3-4-8-20(19)26(17)15-18-11-13-25(14-12-18)23(27)16-29-22-10-6-5-9-21(22)28-2/h3-10,18H,11-16H2,1-2H3. The second-order valence-corrected chi connectivity index (χ2v) is 7.52. The minimum atomic E-state index is 0.0265. The van der Waals surface area contributed by atoms with Crippen LogP contribution in [0.5, 0.6) is 11.5 Å². The molecule has 1 aromatic heterocycles. The number of hydrogen-bond donors (Lipinski definition) is 0. The van der Waals surface area contributed by atoms with Gasteiger partial charge in [-0.1, -0.05) is 24.3 Å². The summed E-state index contributed by atoms with van der Waals surface area (Å²) < 4.78 is 13.3. The van der Waals surface area contributed by atoms with Crippen molar-refractivity contribution in [2.75, 3.05) is 26.8 Å². The number of para-hydroxylation sites is 4. The Morgan fingerprint density at radius 3 is 2.52 bits per heavy atom. The fraction of sp³-hybridized carbons (Fsp3) is 0.391. The van der Waals surface area contributed by atoms with Gasteiger partial charge in [0.2, 0.25) is 0 Å². The summed E-state index contributed by atoms with van der Waals surface area (Å²) in [6, 6.07) is 15.7. The normalized spacial score (nSPS) is 14.9. The van der Waals surface area contributed by atoms with E-state index in [9.17, 15) is 4.79 Å². The number of carbonyl (C=O) groups is 1. The summed E-state index contributed by atoms with van der Waals surface area (Å²) in [7, 11) is 1.60. The Kier molecular flexibility index (Phi) is 5.69. The number of hydrogen-bond acceptors (Lipinski definition) is 4. The zero-order chi connectivity index (χ0) is 20.2. The quantitative estimate of drug-likeness (QED) is 0.641. The molecule has 0 atom stereocenters. The number of rotatable bonds is 6. The number of methoxy groups -OCH3 is 1. The van der Waals surface area contributed by atoms with E-state index in [4.69, 9.17) is 9.47 Å². The van der Waals surface area contributed by atoms with E-state index in [1.807, 2.05) is 35.2 Å². The van der Waals surface area contributed by atoms with Crippen LogP contribution in [0.1, 0.15) is 18.7 Å². The number of aryl methyl sites for hydroxylation is 1.